The molecule has 1 amide bonds. The quantitative estimate of drug-likeness (QED) is 0.718. The van der Waals surface area contributed by atoms with Gasteiger partial charge in [0.2, 0.25) is 0 Å². The van der Waals surface area contributed by atoms with Crippen LogP contribution in [0.1, 0.15) is 30.1 Å². The highest BCUT2D eigenvalue weighted by molar-refractivity contribution is 5.94. The third-order valence-electron chi connectivity index (χ3n) is 2.60. The van der Waals surface area contributed by atoms with E-state index in [2.05, 4.69) is 10.6 Å². The number of benzene rings is 1. The molecule has 0 bridgehead atoms. The van der Waals surface area contributed by atoms with Crippen LogP contribution >= 0.6 is 0 Å². The van der Waals surface area contributed by atoms with Crippen molar-refractivity contribution in [1.29, 1.82) is 0 Å². The second-order valence-corrected chi connectivity index (χ2v) is 4.13. The third-order valence-corrected chi connectivity index (χ3v) is 2.60. The van der Waals surface area contributed by atoms with Crippen LogP contribution in [0.25, 0.3) is 0 Å². The Morgan fingerprint density at radius 2 is 1.89 bits per heavy atom. The Morgan fingerprint density at radius 3 is 2.39 bits per heavy atom. The van der Waals surface area contributed by atoms with Gasteiger partial charge in [-0.1, -0.05) is 0 Å². The number of carboxylic acids is 1. The zero-order valence-corrected chi connectivity index (χ0v) is 10.6. The van der Waals surface area contributed by atoms with Gasteiger partial charge in [-0.2, -0.15) is 0 Å². The molecule has 3 N–H and O–H groups in total. The fraction of sp³-hybridized carbons (Fsp3) is 0.385. The lowest BCUT2D eigenvalue weighted by atomic mass is 10.1. The highest BCUT2D eigenvalue weighted by atomic mass is 16.4. The third kappa shape index (κ3) is 4.45. The summed E-state index contributed by atoms with van der Waals surface area (Å²) in [5, 5.41) is 14.3. The molecule has 0 spiro atoms. The Labute approximate surface area is 106 Å². The van der Waals surface area contributed by atoms with E-state index in [-0.39, 0.29) is 18.4 Å². The second-order valence-electron chi connectivity index (χ2n) is 4.13. The fourth-order valence-corrected chi connectivity index (χ4v) is 1.51. The van der Waals surface area contributed by atoms with Gasteiger partial charge in [-0.3, -0.25) is 9.59 Å². The van der Waals surface area contributed by atoms with Crippen LogP contribution in [-0.2, 0) is 4.79 Å². The second kappa shape index (κ2) is 6.64. The maximum atomic E-state index is 11.8. The molecule has 0 saturated heterocycles. The monoisotopic (exact) mass is 250 g/mol. The molecule has 0 aliphatic heterocycles. The maximum absolute atomic E-state index is 11.8. The molecule has 1 aromatic carbocycles. The molecule has 0 unspecified atom stereocenters. The first-order chi connectivity index (χ1) is 8.52. The van der Waals surface area contributed by atoms with Gasteiger partial charge in [0.1, 0.15) is 0 Å². The summed E-state index contributed by atoms with van der Waals surface area (Å²) < 4.78 is 0. The first-order valence-electron chi connectivity index (χ1n) is 5.83. The molecule has 0 aliphatic rings. The van der Waals surface area contributed by atoms with Gasteiger partial charge in [-0.05, 0) is 37.6 Å². The highest BCUT2D eigenvalue weighted by Gasteiger charge is 2.10. The topological polar surface area (TPSA) is 78.4 Å². The molecule has 0 aliphatic carbocycles. The molecule has 0 heterocycles. The number of carbonyl (C=O) groups excluding carboxylic acids is 1. The maximum Gasteiger partial charge on any atom is 0.303 e. The van der Waals surface area contributed by atoms with Crippen LogP contribution in [0.3, 0.4) is 0 Å². The molecule has 1 atom stereocenters. The first-order valence-corrected chi connectivity index (χ1v) is 5.83. The summed E-state index contributed by atoms with van der Waals surface area (Å²) in [4.78, 5) is 22.2. The summed E-state index contributed by atoms with van der Waals surface area (Å²) in [5.74, 6) is -1.04. The van der Waals surface area contributed by atoms with Crippen molar-refractivity contribution in [1.82, 2.24) is 5.32 Å². The molecule has 0 saturated carbocycles. The lowest BCUT2D eigenvalue weighted by Gasteiger charge is -2.12. The predicted octanol–water partition coefficient (Wildman–Crippen LogP) is 1.71. The fourth-order valence-electron chi connectivity index (χ4n) is 1.51. The summed E-state index contributed by atoms with van der Waals surface area (Å²) in [7, 11) is 1.81. The van der Waals surface area contributed by atoms with Crippen molar-refractivity contribution in [2.45, 2.75) is 25.8 Å². The van der Waals surface area contributed by atoms with Crippen LogP contribution in [0.2, 0.25) is 0 Å². The van der Waals surface area contributed by atoms with Crippen molar-refractivity contribution in [2.24, 2.45) is 0 Å². The lowest BCUT2D eigenvalue weighted by molar-refractivity contribution is -0.137. The number of carboxylic acid groups (broad SMARTS) is 1. The minimum Gasteiger partial charge on any atom is -0.481 e. The molecule has 5 heteroatoms. The summed E-state index contributed by atoms with van der Waals surface area (Å²) in [6.07, 6.45) is 0.482. The first kappa shape index (κ1) is 14.0. The Morgan fingerprint density at radius 1 is 1.28 bits per heavy atom. The van der Waals surface area contributed by atoms with Gasteiger partial charge >= 0.3 is 5.97 Å². The van der Waals surface area contributed by atoms with E-state index in [0.29, 0.717) is 12.0 Å². The lowest BCUT2D eigenvalue weighted by Crippen LogP contribution is -2.32. The Balaban J connectivity index is 2.50. The molecule has 0 radical (unpaired) electrons. The molecule has 0 fully saturated rings. The standard InChI is InChI=1S/C13H18N2O3/c1-9(3-8-12(16)17)15-13(18)10-4-6-11(14-2)7-5-10/h4-7,9,14H,3,8H2,1-2H3,(H,15,18)(H,16,17)/t9-/m1/s1. The van der Waals surface area contributed by atoms with E-state index in [9.17, 15) is 9.59 Å². The Kier molecular flexibility index (Phi) is 5.17. The minimum atomic E-state index is -0.852. The number of carbonyl (C=O) groups is 2. The van der Waals surface area contributed by atoms with E-state index in [0.717, 1.165) is 5.69 Å². The smallest absolute Gasteiger partial charge is 0.303 e. The molecule has 18 heavy (non-hydrogen) atoms. The number of nitrogens with one attached hydrogen (secondary N) is 2. The summed E-state index contributed by atoms with van der Waals surface area (Å²) >= 11 is 0. The van der Waals surface area contributed by atoms with E-state index in [1.165, 1.54) is 0 Å². The molecule has 1 rings (SSSR count). The van der Waals surface area contributed by atoms with Gasteiger partial charge in [-0.15, -0.1) is 0 Å². The average Bonchev–Trinajstić information content (AvgIpc) is 2.36. The summed E-state index contributed by atoms with van der Waals surface area (Å²) in [6, 6.07) is 6.93. The Bertz CT molecular complexity index is 415. The molecule has 0 aromatic heterocycles. The SMILES string of the molecule is CNc1ccc(C(=O)N[C@H](C)CCC(=O)O)cc1. The van der Waals surface area contributed by atoms with E-state index in [1.54, 1.807) is 19.1 Å². The van der Waals surface area contributed by atoms with Gasteiger partial charge in [-0.25, -0.2) is 0 Å². The van der Waals surface area contributed by atoms with Crippen molar-refractivity contribution >= 4 is 17.6 Å². The molecular weight excluding hydrogens is 232 g/mol. The Hall–Kier alpha value is -2.04. The van der Waals surface area contributed by atoms with Crippen LogP contribution in [-0.4, -0.2) is 30.1 Å². The van der Waals surface area contributed by atoms with Crippen LogP contribution in [0.4, 0.5) is 5.69 Å². The predicted molar refractivity (Wildman–Crippen MR) is 69.8 cm³/mol. The van der Waals surface area contributed by atoms with Gasteiger partial charge in [0, 0.05) is 30.8 Å². The van der Waals surface area contributed by atoms with Crippen LogP contribution in [0.5, 0.6) is 0 Å². The molecule has 5 nitrogen and oxygen atoms in total. The number of rotatable bonds is 6. The zero-order chi connectivity index (χ0) is 13.5. The van der Waals surface area contributed by atoms with Crippen LogP contribution < -0.4 is 10.6 Å². The van der Waals surface area contributed by atoms with E-state index >= 15 is 0 Å². The van der Waals surface area contributed by atoms with Crippen molar-refractivity contribution in [3.05, 3.63) is 29.8 Å². The average molecular weight is 250 g/mol. The molecular formula is C13H18N2O3. The van der Waals surface area contributed by atoms with Gasteiger partial charge in [0.25, 0.3) is 5.91 Å². The normalized spacial score (nSPS) is 11.7. The van der Waals surface area contributed by atoms with Crippen molar-refractivity contribution in [2.75, 3.05) is 12.4 Å². The molecule has 1 aromatic rings. The van der Waals surface area contributed by atoms with Crippen molar-refractivity contribution in [3.63, 3.8) is 0 Å². The molecule has 98 valence electrons. The highest BCUT2D eigenvalue weighted by Crippen LogP contribution is 2.09. The van der Waals surface area contributed by atoms with E-state index < -0.39 is 5.97 Å². The number of amides is 1. The number of aliphatic carboxylic acids is 1. The van der Waals surface area contributed by atoms with Crippen LogP contribution in [0, 0.1) is 0 Å². The van der Waals surface area contributed by atoms with Crippen molar-refractivity contribution in [3.8, 4) is 0 Å². The van der Waals surface area contributed by atoms with Gasteiger partial charge in [0.15, 0.2) is 0 Å². The number of hydrogen-bond donors (Lipinski definition) is 3. The zero-order valence-electron chi connectivity index (χ0n) is 10.6. The van der Waals surface area contributed by atoms with Crippen molar-refractivity contribution < 1.29 is 14.7 Å². The van der Waals surface area contributed by atoms with E-state index in [4.69, 9.17) is 5.11 Å². The van der Waals surface area contributed by atoms with Crippen LogP contribution in [0.15, 0.2) is 24.3 Å². The summed E-state index contributed by atoms with van der Waals surface area (Å²) in [6.45, 7) is 1.79. The van der Waals surface area contributed by atoms with E-state index in [1.807, 2.05) is 19.2 Å². The van der Waals surface area contributed by atoms with Gasteiger partial charge < -0.3 is 15.7 Å². The number of anilines is 1. The summed E-state index contributed by atoms with van der Waals surface area (Å²) in [5.41, 5.74) is 1.50. The van der Waals surface area contributed by atoms with Gasteiger partial charge in [0.05, 0.1) is 0 Å². The number of hydrogen-bond acceptors (Lipinski definition) is 3. The largest absolute Gasteiger partial charge is 0.481 e. The minimum absolute atomic E-state index is 0.0557.